The van der Waals surface area contributed by atoms with E-state index >= 15 is 0 Å². The molecule has 0 unspecified atom stereocenters. The van der Waals surface area contributed by atoms with Crippen molar-refractivity contribution in [3.63, 3.8) is 0 Å². The fraction of sp³-hybridized carbons (Fsp3) is 0.286. The van der Waals surface area contributed by atoms with Crippen molar-refractivity contribution in [2.45, 2.75) is 13.3 Å². The van der Waals surface area contributed by atoms with E-state index in [4.69, 9.17) is 9.84 Å². The average molecular weight is 263 g/mol. The third kappa shape index (κ3) is 5.35. The smallest absolute Gasteiger partial charge is 0.328 e. The van der Waals surface area contributed by atoms with Gasteiger partial charge in [-0.1, -0.05) is 6.07 Å². The van der Waals surface area contributed by atoms with Crippen molar-refractivity contribution < 1.29 is 19.4 Å². The highest BCUT2D eigenvalue weighted by Gasteiger charge is 2.04. The minimum Gasteiger partial charge on any atom is -0.478 e. The number of amides is 1. The second kappa shape index (κ2) is 7.33. The van der Waals surface area contributed by atoms with Crippen LogP contribution >= 0.6 is 0 Å². The summed E-state index contributed by atoms with van der Waals surface area (Å²) in [5.74, 6) is -1.10. The van der Waals surface area contributed by atoms with E-state index in [-0.39, 0.29) is 5.91 Å². The maximum absolute atomic E-state index is 11.5. The molecule has 0 radical (unpaired) electrons. The molecule has 0 heterocycles. The Morgan fingerprint density at radius 2 is 2.16 bits per heavy atom. The Bertz CT molecular complexity index is 494. The lowest BCUT2D eigenvalue weighted by Crippen LogP contribution is -2.14. The number of nitrogens with one attached hydrogen (secondary N) is 1. The van der Waals surface area contributed by atoms with Crippen LogP contribution in [-0.2, 0) is 14.3 Å². The molecule has 1 amide bonds. The first kappa shape index (κ1) is 14.9. The highest BCUT2D eigenvalue weighted by molar-refractivity contribution is 5.92. The SMILES string of the molecule is COCCC(=O)Nc1ccc(C=CC(=O)O)cc1C. The monoisotopic (exact) mass is 263 g/mol. The maximum atomic E-state index is 11.5. The largest absolute Gasteiger partial charge is 0.478 e. The Labute approximate surface area is 111 Å². The van der Waals surface area contributed by atoms with Crippen LogP contribution in [0.2, 0.25) is 0 Å². The van der Waals surface area contributed by atoms with Gasteiger partial charge in [-0.2, -0.15) is 0 Å². The van der Waals surface area contributed by atoms with Gasteiger partial charge < -0.3 is 15.2 Å². The number of benzene rings is 1. The summed E-state index contributed by atoms with van der Waals surface area (Å²) in [5.41, 5.74) is 2.36. The van der Waals surface area contributed by atoms with Crippen molar-refractivity contribution in [3.05, 3.63) is 35.4 Å². The van der Waals surface area contributed by atoms with Gasteiger partial charge in [-0.15, -0.1) is 0 Å². The first-order chi connectivity index (χ1) is 9.02. The third-order valence-corrected chi connectivity index (χ3v) is 2.48. The number of carboxylic acids is 1. The number of hydrogen-bond acceptors (Lipinski definition) is 3. The van der Waals surface area contributed by atoms with E-state index in [2.05, 4.69) is 5.32 Å². The highest BCUT2D eigenvalue weighted by atomic mass is 16.5. The number of aliphatic carboxylic acids is 1. The van der Waals surface area contributed by atoms with Gasteiger partial charge in [-0.05, 0) is 36.3 Å². The minimum atomic E-state index is -0.991. The summed E-state index contributed by atoms with van der Waals surface area (Å²) >= 11 is 0. The van der Waals surface area contributed by atoms with E-state index in [0.29, 0.717) is 18.7 Å². The van der Waals surface area contributed by atoms with E-state index in [9.17, 15) is 9.59 Å². The van der Waals surface area contributed by atoms with Gasteiger partial charge in [0, 0.05) is 18.9 Å². The Morgan fingerprint density at radius 3 is 2.74 bits per heavy atom. The molecule has 5 heteroatoms. The van der Waals surface area contributed by atoms with Crippen molar-refractivity contribution in [1.29, 1.82) is 0 Å². The third-order valence-electron chi connectivity index (χ3n) is 2.48. The predicted molar refractivity (Wildman–Crippen MR) is 73.0 cm³/mol. The number of ether oxygens (including phenoxy) is 1. The number of carboxylic acid groups (broad SMARTS) is 1. The Kier molecular flexibility index (Phi) is 5.75. The molecule has 2 N–H and O–H groups in total. The van der Waals surface area contributed by atoms with Crippen LogP contribution in [0.15, 0.2) is 24.3 Å². The summed E-state index contributed by atoms with van der Waals surface area (Å²) in [7, 11) is 1.54. The molecule has 0 spiro atoms. The van der Waals surface area contributed by atoms with Gasteiger partial charge in [0.15, 0.2) is 0 Å². The van der Waals surface area contributed by atoms with Crippen LogP contribution in [0.5, 0.6) is 0 Å². The zero-order valence-corrected chi connectivity index (χ0v) is 11.0. The number of methoxy groups -OCH3 is 1. The van der Waals surface area contributed by atoms with Crippen LogP contribution < -0.4 is 5.32 Å². The van der Waals surface area contributed by atoms with Crippen LogP contribution in [0.4, 0.5) is 5.69 Å². The minimum absolute atomic E-state index is 0.112. The topological polar surface area (TPSA) is 75.6 Å². The number of aryl methyl sites for hydroxylation is 1. The lowest BCUT2D eigenvalue weighted by atomic mass is 10.1. The molecule has 0 saturated heterocycles. The van der Waals surface area contributed by atoms with Gasteiger partial charge in [-0.3, -0.25) is 4.79 Å². The van der Waals surface area contributed by atoms with Crippen LogP contribution in [0.1, 0.15) is 17.5 Å². The van der Waals surface area contributed by atoms with Gasteiger partial charge in [0.2, 0.25) is 5.91 Å². The Hall–Kier alpha value is -2.14. The Balaban J connectivity index is 2.72. The van der Waals surface area contributed by atoms with Gasteiger partial charge in [-0.25, -0.2) is 4.79 Å². The van der Waals surface area contributed by atoms with E-state index in [1.54, 1.807) is 19.2 Å². The van der Waals surface area contributed by atoms with Crippen LogP contribution in [-0.4, -0.2) is 30.7 Å². The number of rotatable bonds is 6. The first-order valence-electron chi connectivity index (χ1n) is 5.83. The molecule has 0 aromatic heterocycles. The summed E-state index contributed by atoms with van der Waals surface area (Å²) in [6, 6.07) is 5.31. The van der Waals surface area contributed by atoms with Crippen LogP contribution in [0, 0.1) is 6.92 Å². The van der Waals surface area contributed by atoms with Gasteiger partial charge in [0.25, 0.3) is 0 Å². The van der Waals surface area contributed by atoms with Crippen molar-refractivity contribution in [3.8, 4) is 0 Å². The molecule has 0 atom stereocenters. The van der Waals surface area contributed by atoms with E-state index in [1.165, 1.54) is 6.08 Å². The first-order valence-corrected chi connectivity index (χ1v) is 5.83. The fourth-order valence-corrected chi connectivity index (χ4v) is 1.51. The number of carbonyl (C=O) groups is 2. The molecule has 1 rings (SSSR count). The second-order valence-electron chi connectivity index (χ2n) is 4.04. The van der Waals surface area contributed by atoms with Gasteiger partial charge in [0.1, 0.15) is 0 Å². The highest BCUT2D eigenvalue weighted by Crippen LogP contribution is 2.17. The summed E-state index contributed by atoms with van der Waals surface area (Å²) in [6.07, 6.45) is 2.88. The summed E-state index contributed by atoms with van der Waals surface area (Å²) < 4.78 is 4.83. The van der Waals surface area contributed by atoms with Gasteiger partial charge in [0.05, 0.1) is 13.0 Å². The summed E-state index contributed by atoms with van der Waals surface area (Å²) in [4.78, 5) is 22.0. The van der Waals surface area contributed by atoms with Crippen molar-refractivity contribution in [2.24, 2.45) is 0 Å². The maximum Gasteiger partial charge on any atom is 0.328 e. The van der Waals surface area contributed by atoms with Crippen molar-refractivity contribution >= 4 is 23.6 Å². The molecule has 0 fully saturated rings. The number of anilines is 1. The second-order valence-corrected chi connectivity index (χ2v) is 4.04. The molecule has 0 aliphatic heterocycles. The van der Waals surface area contributed by atoms with E-state index in [1.807, 2.05) is 13.0 Å². The molecular formula is C14H17NO4. The molecule has 5 nitrogen and oxygen atoms in total. The Morgan fingerprint density at radius 1 is 1.42 bits per heavy atom. The van der Waals surface area contributed by atoms with E-state index < -0.39 is 5.97 Å². The zero-order chi connectivity index (χ0) is 14.3. The summed E-state index contributed by atoms with van der Waals surface area (Å²) in [6.45, 7) is 2.23. The molecule has 1 aromatic rings. The van der Waals surface area contributed by atoms with E-state index in [0.717, 1.165) is 17.2 Å². The van der Waals surface area contributed by atoms with Crippen molar-refractivity contribution in [2.75, 3.05) is 19.0 Å². The standard InChI is InChI=1S/C14H17NO4/c1-10-9-11(4-6-14(17)18)3-5-12(10)15-13(16)7-8-19-2/h3-6,9H,7-8H2,1-2H3,(H,15,16)(H,17,18). The van der Waals surface area contributed by atoms with Crippen molar-refractivity contribution in [1.82, 2.24) is 0 Å². The lowest BCUT2D eigenvalue weighted by Gasteiger charge is -2.08. The molecule has 1 aromatic carbocycles. The zero-order valence-electron chi connectivity index (χ0n) is 11.0. The normalized spacial score (nSPS) is 10.6. The molecule has 0 aliphatic carbocycles. The fourth-order valence-electron chi connectivity index (χ4n) is 1.51. The molecule has 0 aliphatic rings. The molecule has 0 bridgehead atoms. The quantitative estimate of drug-likeness (QED) is 0.770. The van der Waals surface area contributed by atoms with Gasteiger partial charge >= 0.3 is 5.97 Å². The van der Waals surface area contributed by atoms with Crippen LogP contribution in [0.25, 0.3) is 6.08 Å². The lowest BCUT2D eigenvalue weighted by molar-refractivity contribution is -0.131. The molecular weight excluding hydrogens is 246 g/mol. The average Bonchev–Trinajstić information content (AvgIpc) is 2.36. The number of carbonyl (C=O) groups excluding carboxylic acids is 1. The molecule has 19 heavy (non-hydrogen) atoms. The molecule has 0 saturated carbocycles. The van der Waals surface area contributed by atoms with Crippen LogP contribution in [0.3, 0.4) is 0 Å². The predicted octanol–water partition coefficient (Wildman–Crippen LogP) is 2.07. The number of hydrogen-bond donors (Lipinski definition) is 2. The molecule has 102 valence electrons. The summed E-state index contributed by atoms with van der Waals surface area (Å²) in [5, 5.41) is 11.3.